The topological polar surface area (TPSA) is 43.4 Å². The fraction of sp³-hybridized carbons (Fsp3) is 0.500. The van der Waals surface area contributed by atoms with Gasteiger partial charge in [0.05, 0.1) is 0 Å². The minimum absolute atomic E-state index is 0. The first-order valence-electron chi connectivity index (χ1n) is 1.82. The van der Waals surface area contributed by atoms with Crippen LogP contribution in [0, 0.1) is 0 Å². The van der Waals surface area contributed by atoms with Crippen LogP contribution in [-0.4, -0.2) is 11.9 Å². The summed E-state index contributed by atoms with van der Waals surface area (Å²) in [5.41, 5.74) is 0. The molecule has 4 heteroatoms. The summed E-state index contributed by atoms with van der Waals surface area (Å²) in [4.78, 5) is 19.6. The van der Waals surface area contributed by atoms with Crippen LogP contribution in [0.1, 0.15) is 13.8 Å². The summed E-state index contributed by atoms with van der Waals surface area (Å²) in [6.07, 6.45) is 0. The van der Waals surface area contributed by atoms with E-state index in [1.165, 1.54) is 13.8 Å². The first-order chi connectivity index (χ1) is 3.13. The molecule has 0 unspecified atom stereocenters. The Morgan fingerprint density at radius 3 is 1.38 bits per heavy atom. The minimum atomic E-state index is -0.562. The maximum atomic E-state index is 9.81. The molecular formula is C4H6O3V. The molecule has 3 nitrogen and oxygen atoms in total. The quantitative estimate of drug-likeness (QED) is 0.366. The van der Waals surface area contributed by atoms with E-state index in [-0.39, 0.29) is 18.6 Å². The van der Waals surface area contributed by atoms with Gasteiger partial charge in [0.2, 0.25) is 0 Å². The maximum absolute atomic E-state index is 9.81. The van der Waals surface area contributed by atoms with Gasteiger partial charge in [-0.25, -0.2) is 0 Å². The van der Waals surface area contributed by atoms with Crippen LogP contribution in [0.4, 0.5) is 0 Å². The third-order valence-electron chi connectivity index (χ3n) is 0.287. The molecule has 0 aromatic heterocycles. The Balaban J connectivity index is 0. The molecule has 0 fully saturated rings. The van der Waals surface area contributed by atoms with Gasteiger partial charge in [-0.3, -0.25) is 9.59 Å². The zero-order valence-corrected chi connectivity index (χ0v) is 6.07. The van der Waals surface area contributed by atoms with Gasteiger partial charge in [0.15, 0.2) is 0 Å². The average Bonchev–Trinajstić information content (AvgIpc) is 1.27. The second kappa shape index (κ2) is 4.87. The molecule has 0 atom stereocenters. The average molecular weight is 153 g/mol. The van der Waals surface area contributed by atoms with Crippen molar-refractivity contribution in [1.29, 1.82) is 0 Å². The molecule has 0 saturated heterocycles. The first-order valence-corrected chi connectivity index (χ1v) is 1.82. The van der Waals surface area contributed by atoms with E-state index in [1.807, 2.05) is 0 Å². The number of ether oxygens (including phenoxy) is 1. The van der Waals surface area contributed by atoms with E-state index in [0.717, 1.165) is 0 Å². The number of carbonyl (C=O) groups is 2. The van der Waals surface area contributed by atoms with Crippen molar-refractivity contribution in [3.8, 4) is 0 Å². The minimum Gasteiger partial charge on any atom is -0.394 e. The van der Waals surface area contributed by atoms with Crippen molar-refractivity contribution in [2.75, 3.05) is 0 Å². The third-order valence-corrected chi connectivity index (χ3v) is 0.287. The Morgan fingerprint density at radius 1 is 1.12 bits per heavy atom. The first kappa shape index (κ1) is 10.7. The number of hydrogen-bond donors (Lipinski definition) is 0. The van der Waals surface area contributed by atoms with Crippen molar-refractivity contribution in [3.05, 3.63) is 0 Å². The van der Waals surface area contributed by atoms with Crippen molar-refractivity contribution >= 4 is 11.9 Å². The monoisotopic (exact) mass is 153 g/mol. The Morgan fingerprint density at radius 2 is 1.38 bits per heavy atom. The van der Waals surface area contributed by atoms with Gasteiger partial charge in [-0.1, -0.05) is 0 Å². The van der Waals surface area contributed by atoms with Crippen LogP contribution in [0.25, 0.3) is 0 Å². The Kier molecular flexibility index (Phi) is 6.49. The van der Waals surface area contributed by atoms with Crippen LogP contribution >= 0.6 is 0 Å². The number of carbonyl (C=O) groups excluding carboxylic acids is 2. The van der Waals surface area contributed by atoms with E-state index in [0.29, 0.717) is 0 Å². The molecule has 0 aliphatic rings. The van der Waals surface area contributed by atoms with Gasteiger partial charge in [-0.05, 0) is 0 Å². The van der Waals surface area contributed by atoms with Gasteiger partial charge in [-0.2, -0.15) is 0 Å². The van der Waals surface area contributed by atoms with Gasteiger partial charge in [0.25, 0.3) is 0 Å². The van der Waals surface area contributed by atoms with Gasteiger partial charge < -0.3 is 4.74 Å². The fourth-order valence-corrected chi connectivity index (χ4v) is 0.202. The van der Waals surface area contributed by atoms with Crippen LogP contribution in [0.2, 0.25) is 0 Å². The molecule has 0 aliphatic carbocycles. The van der Waals surface area contributed by atoms with Crippen LogP contribution < -0.4 is 0 Å². The van der Waals surface area contributed by atoms with Crippen LogP contribution in [0.15, 0.2) is 0 Å². The van der Waals surface area contributed by atoms with E-state index >= 15 is 0 Å². The van der Waals surface area contributed by atoms with E-state index < -0.39 is 11.9 Å². The molecule has 0 spiro atoms. The third kappa shape index (κ3) is 9.21. The summed E-state index contributed by atoms with van der Waals surface area (Å²) in [5, 5.41) is 0. The van der Waals surface area contributed by atoms with Crippen molar-refractivity contribution in [2.24, 2.45) is 0 Å². The fourth-order valence-electron chi connectivity index (χ4n) is 0.202. The number of hydrogen-bond acceptors (Lipinski definition) is 3. The zero-order valence-electron chi connectivity index (χ0n) is 4.67. The normalized spacial score (nSPS) is 6.75. The molecule has 0 aromatic rings. The molecule has 0 rings (SSSR count). The van der Waals surface area contributed by atoms with E-state index in [4.69, 9.17) is 0 Å². The second-order valence-corrected chi connectivity index (χ2v) is 1.09. The Labute approximate surface area is 59.3 Å². The van der Waals surface area contributed by atoms with Crippen LogP contribution in [0.3, 0.4) is 0 Å². The predicted octanol–water partition coefficient (Wildman–Crippen LogP) is 0.0935. The van der Waals surface area contributed by atoms with Gasteiger partial charge in [-0.15, -0.1) is 0 Å². The molecule has 8 heavy (non-hydrogen) atoms. The summed E-state index contributed by atoms with van der Waals surface area (Å²) in [6, 6.07) is 0. The molecule has 0 aromatic carbocycles. The summed E-state index contributed by atoms with van der Waals surface area (Å²) in [7, 11) is 0. The molecule has 0 N–H and O–H groups in total. The van der Waals surface area contributed by atoms with Crippen LogP contribution in [0.5, 0.6) is 0 Å². The van der Waals surface area contributed by atoms with Gasteiger partial charge in [0.1, 0.15) is 0 Å². The summed E-state index contributed by atoms with van der Waals surface area (Å²) in [6.45, 7) is 2.36. The molecule has 0 heterocycles. The van der Waals surface area contributed by atoms with Crippen molar-refractivity contribution in [2.45, 2.75) is 13.8 Å². The largest absolute Gasteiger partial charge is 0.394 e. The molecular weight excluding hydrogens is 147 g/mol. The van der Waals surface area contributed by atoms with Gasteiger partial charge >= 0.3 is 11.9 Å². The number of esters is 2. The van der Waals surface area contributed by atoms with E-state index in [2.05, 4.69) is 4.74 Å². The molecule has 0 aliphatic heterocycles. The van der Waals surface area contributed by atoms with Gasteiger partial charge in [0, 0.05) is 32.4 Å². The van der Waals surface area contributed by atoms with Crippen molar-refractivity contribution < 1.29 is 32.9 Å². The zero-order chi connectivity index (χ0) is 5.86. The second-order valence-electron chi connectivity index (χ2n) is 1.09. The van der Waals surface area contributed by atoms with E-state index in [9.17, 15) is 9.59 Å². The number of rotatable bonds is 0. The molecule has 45 valence electrons. The van der Waals surface area contributed by atoms with Crippen LogP contribution in [-0.2, 0) is 32.9 Å². The standard InChI is InChI=1S/C4H6O3.V/c1-3(5)7-4(2)6;/h1-2H3;. The SMILES string of the molecule is CC(=O)OC(C)=O.[V]. The Bertz CT molecular complexity index is 87.5. The van der Waals surface area contributed by atoms with Crippen molar-refractivity contribution in [3.63, 3.8) is 0 Å². The Hall–Kier alpha value is -0.276. The maximum Gasteiger partial charge on any atom is 0.310 e. The molecule has 0 amide bonds. The summed E-state index contributed by atoms with van der Waals surface area (Å²) < 4.78 is 3.97. The molecule has 0 saturated carbocycles. The predicted molar refractivity (Wildman–Crippen MR) is 22.4 cm³/mol. The smallest absolute Gasteiger partial charge is 0.310 e. The summed E-state index contributed by atoms with van der Waals surface area (Å²) >= 11 is 0. The molecule has 1 radical (unpaired) electrons. The van der Waals surface area contributed by atoms with Crippen molar-refractivity contribution in [1.82, 2.24) is 0 Å². The summed E-state index contributed by atoms with van der Waals surface area (Å²) in [5.74, 6) is -1.12. The van der Waals surface area contributed by atoms with E-state index in [1.54, 1.807) is 0 Å². The molecule has 0 bridgehead atoms.